The minimum absolute atomic E-state index is 0.103. The molecule has 4 heteroatoms. The second-order valence-electron chi connectivity index (χ2n) is 4.25. The zero-order valence-corrected chi connectivity index (χ0v) is 11.8. The first-order chi connectivity index (χ1) is 7.91. The number of carbonyl (C=O) groups is 1. The quantitative estimate of drug-likeness (QED) is 0.265. The topological polar surface area (TPSA) is 23.3 Å². The highest BCUT2D eigenvalue weighted by Crippen LogP contribution is 2.20. The summed E-state index contributed by atoms with van der Waals surface area (Å²) >= 11 is 1.68. The summed E-state index contributed by atoms with van der Waals surface area (Å²) in [4.78, 5) is 14.4. The summed E-state index contributed by atoms with van der Waals surface area (Å²) in [6, 6.07) is 7.70. The van der Waals surface area contributed by atoms with Crippen LogP contribution in [-0.2, 0) is 0 Å². The second kappa shape index (κ2) is 5.87. The van der Waals surface area contributed by atoms with Gasteiger partial charge in [-0.15, -0.1) is 0 Å². The molecule has 0 unspecified atom stereocenters. The third-order valence-electron chi connectivity index (χ3n) is 2.24. The Balaban J connectivity index is 2.89. The van der Waals surface area contributed by atoms with Crippen molar-refractivity contribution >= 4 is 22.7 Å². The Kier molecular flexibility index (Phi) is 4.75. The second-order valence-corrected chi connectivity index (χ2v) is 5.29. The molecule has 1 rings (SSSR count). The molecule has 0 radical (unpaired) electrons. The number of carbonyl (C=O) groups excluding carboxylic acids is 1. The van der Waals surface area contributed by atoms with Gasteiger partial charge in [0.2, 0.25) is 0 Å². The van der Waals surface area contributed by atoms with Gasteiger partial charge >= 0.3 is 5.17 Å². The largest absolute Gasteiger partial charge is 0.312 e. The molecular weight excluding hydrogens is 232 g/mol. The minimum Gasteiger partial charge on any atom is -0.295 e. The number of rotatable bonds is 2. The predicted molar refractivity (Wildman–Crippen MR) is 73.1 cm³/mol. The van der Waals surface area contributed by atoms with Crippen LogP contribution in [-0.4, -0.2) is 48.6 Å². The van der Waals surface area contributed by atoms with Gasteiger partial charge in [0.15, 0.2) is 5.78 Å². The van der Waals surface area contributed by atoms with Gasteiger partial charge in [-0.2, -0.15) is 0 Å². The Labute approximate surface area is 107 Å². The van der Waals surface area contributed by atoms with Crippen molar-refractivity contribution in [2.45, 2.75) is 11.8 Å². The molecule has 0 saturated heterocycles. The van der Waals surface area contributed by atoms with Crippen LogP contribution in [0.15, 0.2) is 29.2 Å². The summed E-state index contributed by atoms with van der Waals surface area (Å²) in [6.45, 7) is 1.58. The van der Waals surface area contributed by atoms with E-state index in [0.717, 1.165) is 15.6 Å². The maximum Gasteiger partial charge on any atom is 0.312 e. The van der Waals surface area contributed by atoms with Crippen molar-refractivity contribution in [2.75, 3.05) is 28.2 Å². The van der Waals surface area contributed by atoms with Gasteiger partial charge < -0.3 is 0 Å². The third-order valence-corrected chi connectivity index (χ3v) is 3.66. The van der Waals surface area contributed by atoms with Gasteiger partial charge in [-0.05, 0) is 30.8 Å². The lowest BCUT2D eigenvalue weighted by molar-refractivity contribution is -0.466. The number of benzene rings is 1. The van der Waals surface area contributed by atoms with Crippen LogP contribution in [0.5, 0.6) is 0 Å². The van der Waals surface area contributed by atoms with E-state index in [1.165, 1.54) is 0 Å². The fourth-order valence-corrected chi connectivity index (χ4v) is 2.29. The molecular formula is C13H19N2OS+. The summed E-state index contributed by atoms with van der Waals surface area (Å²) in [6.07, 6.45) is 0. The van der Waals surface area contributed by atoms with Crippen LogP contribution in [0, 0.1) is 0 Å². The van der Waals surface area contributed by atoms with E-state index in [9.17, 15) is 4.79 Å². The van der Waals surface area contributed by atoms with E-state index in [4.69, 9.17) is 0 Å². The molecule has 0 aliphatic carbocycles. The number of ketones is 1. The van der Waals surface area contributed by atoms with E-state index < -0.39 is 0 Å². The highest BCUT2D eigenvalue weighted by molar-refractivity contribution is 8.13. The van der Waals surface area contributed by atoms with E-state index in [2.05, 4.69) is 9.48 Å². The SMILES string of the molecule is CC(=O)c1ccc(SC(N(C)C)=[N+](C)C)cc1. The molecule has 0 heterocycles. The molecule has 0 aliphatic rings. The van der Waals surface area contributed by atoms with Crippen molar-refractivity contribution in [3.63, 3.8) is 0 Å². The first-order valence-electron chi connectivity index (χ1n) is 5.42. The first-order valence-corrected chi connectivity index (χ1v) is 6.24. The summed E-state index contributed by atoms with van der Waals surface area (Å²) in [7, 11) is 8.08. The van der Waals surface area contributed by atoms with Crippen LogP contribution in [0.2, 0.25) is 0 Å². The van der Waals surface area contributed by atoms with Gasteiger partial charge in [0.1, 0.15) is 0 Å². The molecule has 0 atom stereocenters. The van der Waals surface area contributed by atoms with E-state index >= 15 is 0 Å². The normalized spacial score (nSPS) is 9.94. The molecule has 0 fully saturated rings. The van der Waals surface area contributed by atoms with Crippen LogP contribution >= 0.6 is 11.8 Å². The van der Waals surface area contributed by atoms with Crippen LogP contribution in [0.1, 0.15) is 17.3 Å². The lowest BCUT2D eigenvalue weighted by atomic mass is 10.2. The average Bonchev–Trinajstić information content (AvgIpc) is 2.25. The van der Waals surface area contributed by atoms with Gasteiger partial charge in [0.05, 0.1) is 28.2 Å². The smallest absolute Gasteiger partial charge is 0.295 e. The zero-order chi connectivity index (χ0) is 13.0. The van der Waals surface area contributed by atoms with Crippen molar-refractivity contribution in [2.24, 2.45) is 0 Å². The van der Waals surface area contributed by atoms with Gasteiger partial charge in [0.25, 0.3) is 0 Å². The number of amidine groups is 1. The lowest BCUT2D eigenvalue weighted by Gasteiger charge is -2.10. The van der Waals surface area contributed by atoms with E-state index in [1.54, 1.807) is 18.7 Å². The molecule has 0 amide bonds. The summed E-state index contributed by atoms with van der Waals surface area (Å²) in [5.41, 5.74) is 0.755. The van der Waals surface area contributed by atoms with Crippen molar-refractivity contribution in [3.8, 4) is 0 Å². The van der Waals surface area contributed by atoms with Crippen molar-refractivity contribution in [1.29, 1.82) is 0 Å². The van der Waals surface area contributed by atoms with Gasteiger partial charge in [-0.3, -0.25) is 14.3 Å². The molecule has 0 N–H and O–H groups in total. The van der Waals surface area contributed by atoms with Crippen molar-refractivity contribution < 1.29 is 9.37 Å². The molecule has 1 aromatic carbocycles. The maximum absolute atomic E-state index is 11.2. The monoisotopic (exact) mass is 251 g/mol. The average molecular weight is 251 g/mol. The Morgan fingerprint density at radius 1 is 1.18 bits per heavy atom. The number of Topliss-reactive ketones (excluding diaryl/α,β-unsaturated/α-hetero) is 1. The number of thioether (sulfide) groups is 1. The summed E-state index contributed by atoms with van der Waals surface area (Å²) < 4.78 is 2.07. The van der Waals surface area contributed by atoms with Gasteiger partial charge in [0, 0.05) is 10.5 Å². The van der Waals surface area contributed by atoms with Crippen LogP contribution in [0.4, 0.5) is 0 Å². The minimum atomic E-state index is 0.103. The van der Waals surface area contributed by atoms with Gasteiger partial charge in [-0.25, -0.2) is 0 Å². The molecule has 92 valence electrons. The molecule has 0 aromatic heterocycles. The Hall–Kier alpha value is -1.29. The molecule has 3 nitrogen and oxygen atoms in total. The van der Waals surface area contributed by atoms with E-state index in [0.29, 0.717) is 0 Å². The third kappa shape index (κ3) is 3.89. The Morgan fingerprint density at radius 2 is 1.71 bits per heavy atom. The van der Waals surface area contributed by atoms with Crippen molar-refractivity contribution in [3.05, 3.63) is 29.8 Å². The lowest BCUT2D eigenvalue weighted by Crippen LogP contribution is -2.26. The van der Waals surface area contributed by atoms with E-state index in [1.807, 2.05) is 52.5 Å². The molecule has 0 bridgehead atoms. The summed E-state index contributed by atoms with van der Waals surface area (Å²) in [5, 5.41) is 1.15. The highest BCUT2D eigenvalue weighted by Gasteiger charge is 2.13. The van der Waals surface area contributed by atoms with Crippen molar-refractivity contribution in [1.82, 2.24) is 4.90 Å². The number of nitrogens with zero attached hydrogens (tertiary/aromatic N) is 2. The Bertz CT molecular complexity index is 431. The fourth-order valence-electron chi connectivity index (χ4n) is 1.45. The maximum atomic E-state index is 11.2. The summed E-state index contributed by atoms with van der Waals surface area (Å²) in [5.74, 6) is 0.103. The predicted octanol–water partition coefficient (Wildman–Crippen LogP) is 2.17. The van der Waals surface area contributed by atoms with Crippen LogP contribution in [0.25, 0.3) is 0 Å². The molecule has 17 heavy (non-hydrogen) atoms. The standard InChI is InChI=1S/C13H19N2OS/c1-10(16)11-6-8-12(9-7-11)17-13(14(2)3)15(4)5/h6-9H,1-5H3/q+1. The Morgan fingerprint density at radius 3 is 2.06 bits per heavy atom. The van der Waals surface area contributed by atoms with Gasteiger partial charge in [-0.1, -0.05) is 12.1 Å². The highest BCUT2D eigenvalue weighted by atomic mass is 32.2. The number of hydrogen-bond donors (Lipinski definition) is 0. The molecule has 0 aliphatic heterocycles. The van der Waals surface area contributed by atoms with Crippen LogP contribution < -0.4 is 0 Å². The van der Waals surface area contributed by atoms with E-state index in [-0.39, 0.29) is 5.78 Å². The first kappa shape index (κ1) is 13.8. The number of hydrogen-bond acceptors (Lipinski definition) is 2. The molecule has 1 aromatic rings. The van der Waals surface area contributed by atoms with Crippen LogP contribution in [0.3, 0.4) is 0 Å². The fraction of sp³-hybridized carbons (Fsp3) is 0.385. The molecule has 0 spiro atoms. The molecule has 0 saturated carbocycles. The zero-order valence-electron chi connectivity index (χ0n) is 11.0.